The van der Waals surface area contributed by atoms with Crippen LogP contribution in [0.2, 0.25) is 0 Å². The molecule has 2 aliphatic rings. The van der Waals surface area contributed by atoms with Gasteiger partial charge in [-0.3, -0.25) is 4.79 Å². The van der Waals surface area contributed by atoms with Crippen molar-refractivity contribution in [3.8, 4) is 5.88 Å². The van der Waals surface area contributed by atoms with Gasteiger partial charge in [-0.2, -0.15) is 0 Å². The first-order valence-corrected chi connectivity index (χ1v) is 11.0. The number of nitrogens with zero attached hydrogens (tertiary/aromatic N) is 2. The molecule has 7 heteroatoms. The zero-order valence-electron chi connectivity index (χ0n) is 17.7. The average Bonchev–Trinajstić information content (AvgIpc) is 3.57. The monoisotopic (exact) mass is 427 g/mol. The molecule has 0 unspecified atom stereocenters. The smallest absolute Gasteiger partial charge is 0.304 e. The number of carbonyl (C=O) groups is 1. The van der Waals surface area contributed by atoms with Gasteiger partial charge in [0.2, 0.25) is 5.88 Å². The highest BCUT2D eigenvalue weighted by molar-refractivity contribution is 5.66. The molecule has 4 rings (SSSR count). The fourth-order valence-electron chi connectivity index (χ4n) is 4.39. The Morgan fingerprint density at radius 1 is 1.23 bits per heavy atom. The molecule has 166 valence electrons. The Kier molecular flexibility index (Phi) is 6.83. The highest BCUT2D eigenvalue weighted by Gasteiger charge is 2.41. The summed E-state index contributed by atoms with van der Waals surface area (Å²) in [6.07, 6.45) is 4.32. The van der Waals surface area contributed by atoms with E-state index in [4.69, 9.17) is 9.84 Å². The van der Waals surface area contributed by atoms with Gasteiger partial charge >= 0.3 is 5.97 Å². The predicted octanol–water partition coefficient (Wildman–Crippen LogP) is 3.30. The maximum Gasteiger partial charge on any atom is 0.304 e. The van der Waals surface area contributed by atoms with Gasteiger partial charge in [-0.1, -0.05) is 30.3 Å². The first-order chi connectivity index (χ1) is 15.0. The van der Waals surface area contributed by atoms with E-state index in [1.54, 1.807) is 6.07 Å². The molecule has 0 radical (unpaired) electrons. The second kappa shape index (κ2) is 9.75. The third-order valence-electron chi connectivity index (χ3n) is 6.54. The Morgan fingerprint density at radius 3 is 2.68 bits per heavy atom. The van der Waals surface area contributed by atoms with Gasteiger partial charge < -0.3 is 20.1 Å². The second-order valence-electron chi connectivity index (χ2n) is 8.83. The lowest BCUT2D eigenvalue weighted by Gasteiger charge is -2.41. The number of likely N-dealkylation sites (tertiary alicyclic amines) is 1. The summed E-state index contributed by atoms with van der Waals surface area (Å²) < 4.78 is 19.1. The number of carboxylic acids is 1. The van der Waals surface area contributed by atoms with E-state index in [0.717, 1.165) is 38.9 Å². The van der Waals surface area contributed by atoms with Crippen molar-refractivity contribution in [1.29, 1.82) is 0 Å². The lowest BCUT2D eigenvalue weighted by molar-refractivity contribution is -0.137. The Bertz CT molecular complexity index is 854. The van der Waals surface area contributed by atoms with Crippen molar-refractivity contribution in [2.75, 3.05) is 32.8 Å². The number of hydrogen-bond acceptors (Lipinski definition) is 5. The molecule has 1 aromatic carbocycles. The third-order valence-corrected chi connectivity index (χ3v) is 6.54. The van der Waals surface area contributed by atoms with Gasteiger partial charge in [-0.25, -0.2) is 9.37 Å². The number of aliphatic carboxylic acids is 1. The Balaban J connectivity index is 1.34. The summed E-state index contributed by atoms with van der Waals surface area (Å²) in [6.45, 7) is 3.63. The molecule has 1 aliphatic carbocycles. The molecule has 2 N–H and O–H groups in total. The summed E-state index contributed by atoms with van der Waals surface area (Å²) in [6, 6.07) is 14.0. The van der Waals surface area contributed by atoms with Crippen molar-refractivity contribution < 1.29 is 19.0 Å². The van der Waals surface area contributed by atoms with E-state index < -0.39 is 5.97 Å². The highest BCUT2D eigenvalue weighted by atomic mass is 19.1. The molecule has 1 aromatic heterocycles. The van der Waals surface area contributed by atoms with Gasteiger partial charge in [0.05, 0.1) is 19.2 Å². The van der Waals surface area contributed by atoms with E-state index in [1.807, 2.05) is 6.07 Å². The van der Waals surface area contributed by atoms with Crippen molar-refractivity contribution in [3.63, 3.8) is 0 Å². The van der Waals surface area contributed by atoms with Crippen molar-refractivity contribution in [3.05, 3.63) is 60.0 Å². The number of carboxylic acid groups (broad SMARTS) is 1. The molecule has 31 heavy (non-hydrogen) atoms. The molecule has 0 bridgehead atoms. The number of ether oxygens (including phenoxy) is 1. The van der Waals surface area contributed by atoms with Crippen LogP contribution in [0.4, 0.5) is 4.39 Å². The van der Waals surface area contributed by atoms with Gasteiger partial charge in [0, 0.05) is 36.5 Å². The molecule has 0 amide bonds. The van der Waals surface area contributed by atoms with Crippen LogP contribution in [-0.4, -0.2) is 59.8 Å². The van der Waals surface area contributed by atoms with Crippen molar-refractivity contribution >= 4 is 5.97 Å². The van der Waals surface area contributed by atoms with Crippen LogP contribution in [0.25, 0.3) is 0 Å². The van der Waals surface area contributed by atoms with Gasteiger partial charge in [0.25, 0.3) is 0 Å². The van der Waals surface area contributed by atoms with Crippen LogP contribution in [-0.2, 0) is 4.79 Å². The van der Waals surface area contributed by atoms with E-state index in [0.29, 0.717) is 31.0 Å². The first kappa shape index (κ1) is 21.7. The van der Waals surface area contributed by atoms with Crippen LogP contribution in [0.3, 0.4) is 0 Å². The third kappa shape index (κ3) is 6.02. The molecule has 6 nitrogen and oxygen atoms in total. The minimum absolute atomic E-state index is 0.0559. The van der Waals surface area contributed by atoms with Gasteiger partial charge in [-0.05, 0) is 44.0 Å². The van der Waals surface area contributed by atoms with Crippen LogP contribution in [0.5, 0.6) is 5.88 Å². The maximum absolute atomic E-state index is 13.1. The largest absolute Gasteiger partial charge is 0.481 e. The topological polar surface area (TPSA) is 74.7 Å². The zero-order valence-corrected chi connectivity index (χ0v) is 17.7. The molecular weight excluding hydrogens is 397 g/mol. The van der Waals surface area contributed by atoms with Crippen molar-refractivity contribution in [1.82, 2.24) is 15.2 Å². The number of nitrogens with one attached hydrogen (secondary N) is 1. The Hall–Kier alpha value is -2.51. The normalized spacial score (nSPS) is 22.7. The summed E-state index contributed by atoms with van der Waals surface area (Å²) in [4.78, 5) is 17.1. The van der Waals surface area contributed by atoms with E-state index in [-0.39, 0.29) is 17.7 Å². The number of pyridine rings is 1. The molecule has 2 heterocycles. The minimum Gasteiger partial charge on any atom is -0.481 e. The lowest BCUT2D eigenvalue weighted by Crippen LogP contribution is -2.49. The van der Waals surface area contributed by atoms with Crippen LogP contribution in [0.15, 0.2) is 48.7 Å². The summed E-state index contributed by atoms with van der Waals surface area (Å²) in [5.41, 5.74) is 1.32. The molecule has 0 spiro atoms. The Labute approximate surface area is 182 Å². The van der Waals surface area contributed by atoms with Crippen molar-refractivity contribution in [2.45, 2.75) is 37.6 Å². The van der Waals surface area contributed by atoms with E-state index >= 15 is 0 Å². The molecule has 1 saturated heterocycles. The van der Waals surface area contributed by atoms with Crippen LogP contribution >= 0.6 is 0 Å². The first-order valence-electron chi connectivity index (χ1n) is 11.0. The summed E-state index contributed by atoms with van der Waals surface area (Å²) >= 11 is 0. The van der Waals surface area contributed by atoms with E-state index in [9.17, 15) is 9.18 Å². The van der Waals surface area contributed by atoms with Crippen LogP contribution in [0, 0.1) is 11.2 Å². The number of aromatic nitrogens is 1. The van der Waals surface area contributed by atoms with Crippen molar-refractivity contribution in [2.24, 2.45) is 5.41 Å². The van der Waals surface area contributed by atoms with Gasteiger partial charge in [-0.15, -0.1) is 0 Å². The summed E-state index contributed by atoms with van der Waals surface area (Å²) in [5, 5.41) is 12.7. The molecule has 1 saturated carbocycles. The van der Waals surface area contributed by atoms with Gasteiger partial charge in [0.15, 0.2) is 0 Å². The van der Waals surface area contributed by atoms with E-state index in [2.05, 4.69) is 39.5 Å². The summed E-state index contributed by atoms with van der Waals surface area (Å²) in [7, 11) is 0. The minimum atomic E-state index is -0.759. The number of benzene rings is 1. The van der Waals surface area contributed by atoms with E-state index in [1.165, 1.54) is 17.8 Å². The standard InChI is InChI=1S/C24H30FN3O3/c25-19-6-7-22(26-15-19)31-17-24(9-12-28(13-10-24)11-8-23(29)30)16-27-21-14-20(21)18-4-2-1-3-5-18/h1-7,15,20-21,27H,8-14,16-17H2,(H,29,30)/t20-,21+/m0/s1. The zero-order chi connectivity index (χ0) is 21.7. The highest BCUT2D eigenvalue weighted by Crippen LogP contribution is 2.42. The maximum atomic E-state index is 13.1. The Morgan fingerprint density at radius 2 is 2.00 bits per heavy atom. The number of halogens is 1. The SMILES string of the molecule is O=C(O)CCN1CCC(CN[C@@H]2C[C@H]2c2ccccc2)(COc2ccc(F)cn2)CC1. The molecular formula is C24H30FN3O3. The quantitative estimate of drug-likeness (QED) is 0.606. The van der Waals surface area contributed by atoms with Crippen LogP contribution < -0.4 is 10.1 Å². The molecule has 2 atom stereocenters. The predicted molar refractivity (Wildman–Crippen MR) is 116 cm³/mol. The second-order valence-corrected chi connectivity index (χ2v) is 8.83. The number of hydrogen-bond donors (Lipinski definition) is 2. The van der Waals surface area contributed by atoms with Crippen LogP contribution in [0.1, 0.15) is 37.2 Å². The fourth-order valence-corrected chi connectivity index (χ4v) is 4.39. The molecule has 2 fully saturated rings. The molecule has 1 aliphatic heterocycles. The lowest BCUT2D eigenvalue weighted by atomic mass is 9.78. The number of rotatable bonds is 10. The number of piperidine rings is 1. The fraction of sp³-hybridized carbons (Fsp3) is 0.500. The average molecular weight is 428 g/mol. The summed E-state index contributed by atoms with van der Waals surface area (Å²) in [5.74, 6) is -0.141. The van der Waals surface area contributed by atoms with Gasteiger partial charge in [0.1, 0.15) is 5.82 Å². The molecule has 2 aromatic rings.